The van der Waals surface area contributed by atoms with Gasteiger partial charge in [0, 0.05) is 13.1 Å². The fourth-order valence-electron chi connectivity index (χ4n) is 2.09. The highest BCUT2D eigenvalue weighted by molar-refractivity contribution is 5.97. The van der Waals surface area contributed by atoms with Gasteiger partial charge in [-0.05, 0) is 31.9 Å². The lowest BCUT2D eigenvalue weighted by Crippen LogP contribution is -2.35. The third-order valence-corrected chi connectivity index (χ3v) is 3.09. The third-order valence-electron chi connectivity index (χ3n) is 3.09. The number of nitrogens with zero attached hydrogens (tertiary/aromatic N) is 1. The van der Waals surface area contributed by atoms with E-state index >= 15 is 0 Å². The van der Waals surface area contributed by atoms with E-state index in [9.17, 15) is 9.90 Å². The molecule has 0 fully saturated rings. The van der Waals surface area contributed by atoms with E-state index < -0.39 is 0 Å². The van der Waals surface area contributed by atoms with Crippen molar-refractivity contribution in [2.75, 3.05) is 13.1 Å². The molecule has 3 heteroatoms. The maximum Gasteiger partial charge on any atom is 0.257 e. The van der Waals surface area contributed by atoms with Crippen LogP contribution in [0.15, 0.2) is 29.8 Å². The van der Waals surface area contributed by atoms with Gasteiger partial charge in [0.25, 0.3) is 5.91 Å². The Morgan fingerprint density at radius 3 is 2.82 bits per heavy atom. The number of phenols is 1. The second-order valence-electron chi connectivity index (χ2n) is 4.54. The molecule has 0 saturated heterocycles. The van der Waals surface area contributed by atoms with Crippen LogP contribution in [0.4, 0.5) is 0 Å². The van der Waals surface area contributed by atoms with Crippen LogP contribution >= 0.6 is 0 Å². The Labute approximate surface area is 101 Å². The molecular weight excluding hydrogens is 214 g/mol. The Balaban J connectivity index is 2.26. The van der Waals surface area contributed by atoms with Gasteiger partial charge in [-0.15, -0.1) is 0 Å². The predicted molar refractivity (Wildman–Crippen MR) is 67.1 cm³/mol. The van der Waals surface area contributed by atoms with Crippen molar-refractivity contribution in [3.05, 3.63) is 41.0 Å². The van der Waals surface area contributed by atoms with Gasteiger partial charge in [-0.25, -0.2) is 0 Å². The molecule has 2 rings (SSSR count). The number of aromatic hydroxyl groups is 1. The molecule has 3 nitrogen and oxygen atoms in total. The second kappa shape index (κ2) is 4.62. The summed E-state index contributed by atoms with van der Waals surface area (Å²) in [6.45, 7) is 5.21. The summed E-state index contributed by atoms with van der Waals surface area (Å²) < 4.78 is 0. The van der Waals surface area contributed by atoms with Crippen molar-refractivity contribution in [2.24, 2.45) is 0 Å². The third kappa shape index (κ3) is 2.33. The van der Waals surface area contributed by atoms with Gasteiger partial charge in [0.15, 0.2) is 0 Å². The summed E-state index contributed by atoms with van der Waals surface area (Å²) in [6, 6.07) is 5.28. The summed E-state index contributed by atoms with van der Waals surface area (Å²) in [6.07, 6.45) is 3.05. The summed E-state index contributed by atoms with van der Waals surface area (Å²) in [7, 11) is 0. The molecule has 17 heavy (non-hydrogen) atoms. The summed E-state index contributed by atoms with van der Waals surface area (Å²) in [5.41, 5.74) is 2.34. The van der Waals surface area contributed by atoms with Crippen molar-refractivity contribution in [1.82, 2.24) is 4.90 Å². The van der Waals surface area contributed by atoms with E-state index in [4.69, 9.17) is 0 Å². The number of carbonyl (C=O) groups excluding carboxylic acids is 1. The number of hydrogen-bond donors (Lipinski definition) is 1. The molecule has 0 bridgehead atoms. The number of aryl methyl sites for hydroxylation is 1. The number of carbonyl (C=O) groups is 1. The van der Waals surface area contributed by atoms with Gasteiger partial charge in [-0.1, -0.05) is 23.8 Å². The smallest absolute Gasteiger partial charge is 0.257 e. The van der Waals surface area contributed by atoms with Crippen LogP contribution in [-0.2, 0) is 0 Å². The first-order valence-electron chi connectivity index (χ1n) is 5.83. The zero-order valence-corrected chi connectivity index (χ0v) is 10.2. The molecule has 1 amide bonds. The van der Waals surface area contributed by atoms with Crippen LogP contribution in [0, 0.1) is 6.92 Å². The summed E-state index contributed by atoms with van der Waals surface area (Å²) >= 11 is 0. The van der Waals surface area contributed by atoms with Crippen molar-refractivity contribution in [3.8, 4) is 5.75 Å². The summed E-state index contributed by atoms with van der Waals surface area (Å²) in [4.78, 5) is 14.0. The number of para-hydroxylation sites is 1. The maximum atomic E-state index is 12.3. The van der Waals surface area contributed by atoms with Crippen molar-refractivity contribution in [2.45, 2.75) is 20.3 Å². The van der Waals surface area contributed by atoms with Crippen molar-refractivity contribution >= 4 is 5.91 Å². The Kier molecular flexibility index (Phi) is 3.18. The lowest BCUT2D eigenvalue weighted by atomic mass is 10.1. The van der Waals surface area contributed by atoms with Crippen LogP contribution in [0.25, 0.3) is 0 Å². The van der Waals surface area contributed by atoms with Gasteiger partial charge in [0.05, 0.1) is 5.56 Å². The molecule has 1 N–H and O–H groups in total. The number of amides is 1. The molecule has 0 aliphatic carbocycles. The van der Waals surface area contributed by atoms with Gasteiger partial charge in [-0.3, -0.25) is 4.79 Å². The molecule has 0 unspecified atom stereocenters. The monoisotopic (exact) mass is 231 g/mol. The van der Waals surface area contributed by atoms with Crippen LogP contribution in [0.3, 0.4) is 0 Å². The maximum absolute atomic E-state index is 12.3. The molecule has 1 aromatic rings. The molecule has 0 radical (unpaired) electrons. The van der Waals surface area contributed by atoms with Gasteiger partial charge in [0.1, 0.15) is 5.75 Å². The first kappa shape index (κ1) is 11.7. The number of hydrogen-bond acceptors (Lipinski definition) is 2. The first-order valence-corrected chi connectivity index (χ1v) is 5.83. The molecular formula is C14H17NO2. The number of benzene rings is 1. The van der Waals surface area contributed by atoms with E-state index in [1.807, 2.05) is 6.92 Å². The molecule has 0 aromatic heterocycles. The van der Waals surface area contributed by atoms with Gasteiger partial charge in [0.2, 0.25) is 0 Å². The quantitative estimate of drug-likeness (QED) is 0.754. The first-order chi connectivity index (χ1) is 8.09. The average Bonchev–Trinajstić information content (AvgIpc) is 2.32. The molecule has 1 aromatic carbocycles. The minimum absolute atomic E-state index is 0.0846. The highest BCUT2D eigenvalue weighted by Crippen LogP contribution is 2.24. The van der Waals surface area contributed by atoms with Crippen molar-refractivity contribution in [3.63, 3.8) is 0 Å². The van der Waals surface area contributed by atoms with Gasteiger partial charge < -0.3 is 10.0 Å². The summed E-state index contributed by atoms with van der Waals surface area (Å²) in [5.74, 6) is 0.0170. The van der Waals surface area contributed by atoms with Crippen LogP contribution in [-0.4, -0.2) is 29.0 Å². The average molecular weight is 231 g/mol. The Morgan fingerprint density at radius 1 is 1.35 bits per heavy atom. The molecule has 0 saturated carbocycles. The summed E-state index contributed by atoms with van der Waals surface area (Å²) in [5, 5.41) is 9.90. The zero-order chi connectivity index (χ0) is 12.4. The normalized spacial score (nSPS) is 15.6. The fourth-order valence-corrected chi connectivity index (χ4v) is 2.09. The molecule has 0 spiro atoms. The predicted octanol–water partition coefficient (Wildman–Crippen LogP) is 2.49. The number of phenolic OH excluding ortho intramolecular Hbond substituents is 1. The van der Waals surface area contributed by atoms with E-state index in [0.29, 0.717) is 12.1 Å². The van der Waals surface area contributed by atoms with Crippen LogP contribution in [0.5, 0.6) is 5.75 Å². The van der Waals surface area contributed by atoms with Crippen molar-refractivity contribution in [1.29, 1.82) is 0 Å². The van der Waals surface area contributed by atoms with Crippen LogP contribution < -0.4 is 0 Å². The van der Waals surface area contributed by atoms with Crippen LogP contribution in [0.1, 0.15) is 29.3 Å². The van der Waals surface area contributed by atoms with Crippen molar-refractivity contribution < 1.29 is 9.90 Å². The molecule has 0 atom stereocenters. The Morgan fingerprint density at radius 2 is 2.12 bits per heavy atom. The topological polar surface area (TPSA) is 40.5 Å². The zero-order valence-electron chi connectivity index (χ0n) is 10.2. The lowest BCUT2D eigenvalue weighted by molar-refractivity contribution is 0.0763. The molecule has 1 aliphatic rings. The molecule has 1 heterocycles. The van der Waals surface area contributed by atoms with E-state index in [1.54, 1.807) is 30.0 Å². The van der Waals surface area contributed by atoms with E-state index in [2.05, 4.69) is 6.08 Å². The SMILES string of the molecule is CC1=CCCN(C(=O)c2cccc(C)c2O)C1. The Bertz CT molecular complexity index is 477. The second-order valence-corrected chi connectivity index (χ2v) is 4.54. The highest BCUT2D eigenvalue weighted by atomic mass is 16.3. The van der Waals surface area contributed by atoms with E-state index in [1.165, 1.54) is 5.57 Å². The minimum Gasteiger partial charge on any atom is -0.507 e. The minimum atomic E-state index is -0.0846. The van der Waals surface area contributed by atoms with E-state index in [-0.39, 0.29) is 11.7 Å². The number of rotatable bonds is 1. The standard InChI is InChI=1S/C14H17NO2/c1-10-5-4-8-15(9-10)14(17)12-7-3-6-11(2)13(12)16/h3,5-7,16H,4,8-9H2,1-2H3. The van der Waals surface area contributed by atoms with Gasteiger partial charge in [-0.2, -0.15) is 0 Å². The molecule has 1 aliphatic heterocycles. The molecule has 90 valence electrons. The fraction of sp³-hybridized carbons (Fsp3) is 0.357. The highest BCUT2D eigenvalue weighted by Gasteiger charge is 2.21. The largest absolute Gasteiger partial charge is 0.507 e. The van der Waals surface area contributed by atoms with Gasteiger partial charge >= 0.3 is 0 Å². The Hall–Kier alpha value is -1.77. The van der Waals surface area contributed by atoms with Crippen LogP contribution in [0.2, 0.25) is 0 Å². The van der Waals surface area contributed by atoms with E-state index in [0.717, 1.165) is 18.5 Å². The lowest BCUT2D eigenvalue weighted by Gasteiger charge is -2.26.